The van der Waals surface area contributed by atoms with Crippen molar-refractivity contribution >= 4 is 29.2 Å². The molecule has 0 spiro atoms. The summed E-state index contributed by atoms with van der Waals surface area (Å²) in [5, 5.41) is 1.37. The lowest BCUT2D eigenvalue weighted by Gasteiger charge is -2.35. The fourth-order valence-electron chi connectivity index (χ4n) is 3.34. The molecule has 8 heteroatoms. The molecule has 2 heterocycles. The molecule has 1 aromatic carbocycles. The van der Waals surface area contributed by atoms with E-state index in [1.807, 2.05) is 18.2 Å². The highest BCUT2D eigenvalue weighted by atomic mass is 16.2. The second-order valence-electron chi connectivity index (χ2n) is 7.07. The first kappa shape index (κ1) is 18.9. The zero-order chi connectivity index (χ0) is 19.6. The number of para-hydroxylation sites is 1. The fraction of sp³-hybridized carbons (Fsp3) is 0.474. The van der Waals surface area contributed by atoms with Gasteiger partial charge in [-0.3, -0.25) is 19.8 Å². The number of nitrogens with one attached hydrogen (secondary N) is 1. The van der Waals surface area contributed by atoms with Gasteiger partial charge in [0.25, 0.3) is 11.8 Å². The molecule has 1 unspecified atom stereocenters. The molecular weight excluding hydrogens is 346 g/mol. The number of carbonyl (C=O) groups excluding carboxylic acids is 3. The van der Waals surface area contributed by atoms with Gasteiger partial charge in [-0.25, -0.2) is 10.0 Å². The number of aliphatic imine (C=N–C) groups is 1. The topological polar surface area (TPSA) is 85.3 Å². The number of rotatable bonds is 3. The Morgan fingerprint density at radius 3 is 2.37 bits per heavy atom. The van der Waals surface area contributed by atoms with Crippen molar-refractivity contribution in [3.05, 3.63) is 30.3 Å². The molecule has 1 saturated heterocycles. The molecule has 1 aromatic rings. The fourth-order valence-corrected chi connectivity index (χ4v) is 3.34. The molecule has 3 amide bonds. The summed E-state index contributed by atoms with van der Waals surface area (Å²) in [5.74, 6) is -0.251. The maximum absolute atomic E-state index is 12.9. The van der Waals surface area contributed by atoms with Gasteiger partial charge in [-0.2, -0.15) is 0 Å². The normalized spacial score (nSPS) is 20.8. The molecule has 0 aliphatic carbocycles. The molecule has 3 rings (SSSR count). The van der Waals surface area contributed by atoms with Crippen LogP contribution in [0.1, 0.15) is 19.8 Å². The Labute approximate surface area is 158 Å². The highest BCUT2D eigenvalue weighted by Crippen LogP contribution is 2.20. The monoisotopic (exact) mass is 371 g/mol. The molecule has 0 bridgehead atoms. The molecular formula is C19H25N5O3. The van der Waals surface area contributed by atoms with Crippen LogP contribution in [0.25, 0.3) is 0 Å². The molecule has 8 nitrogen and oxygen atoms in total. The molecule has 1 fully saturated rings. The maximum atomic E-state index is 12.9. The minimum atomic E-state index is -0.640. The average Bonchev–Trinajstić information content (AvgIpc) is 2.69. The van der Waals surface area contributed by atoms with Crippen LogP contribution in [0.5, 0.6) is 0 Å². The smallest absolute Gasteiger partial charge is 0.290 e. The third-order valence-corrected chi connectivity index (χ3v) is 4.91. The van der Waals surface area contributed by atoms with Crippen molar-refractivity contribution in [3.8, 4) is 0 Å². The third-order valence-electron chi connectivity index (χ3n) is 4.91. The highest BCUT2D eigenvalue weighted by molar-refractivity contribution is 6.39. The second kappa shape index (κ2) is 7.77. The minimum absolute atomic E-state index is 0.0494. The van der Waals surface area contributed by atoms with Crippen molar-refractivity contribution in [1.29, 1.82) is 0 Å². The predicted octanol–water partition coefficient (Wildman–Crippen LogP) is 0.652. The number of piperidine rings is 1. The van der Waals surface area contributed by atoms with Crippen LogP contribution >= 0.6 is 0 Å². The van der Waals surface area contributed by atoms with Crippen molar-refractivity contribution in [2.45, 2.75) is 25.8 Å². The maximum Gasteiger partial charge on any atom is 0.290 e. The molecule has 2 aliphatic heterocycles. The summed E-state index contributed by atoms with van der Waals surface area (Å²) in [6.07, 6.45) is 1.26. The number of carbonyl (C=O) groups is 3. The van der Waals surface area contributed by atoms with Crippen LogP contribution in [0.3, 0.4) is 0 Å². The number of anilines is 1. The van der Waals surface area contributed by atoms with E-state index < -0.39 is 6.04 Å². The van der Waals surface area contributed by atoms with Gasteiger partial charge in [0.15, 0.2) is 0 Å². The summed E-state index contributed by atoms with van der Waals surface area (Å²) in [7, 11) is 3.49. The van der Waals surface area contributed by atoms with Gasteiger partial charge in [-0.1, -0.05) is 18.2 Å². The number of likely N-dealkylation sites (tertiary alicyclic amines) is 1. The van der Waals surface area contributed by atoms with Crippen LogP contribution < -0.4 is 10.4 Å². The molecule has 1 N–H and O–H groups in total. The Balaban J connectivity index is 1.69. The van der Waals surface area contributed by atoms with Gasteiger partial charge in [0.1, 0.15) is 6.04 Å². The lowest BCUT2D eigenvalue weighted by atomic mass is 9.95. The van der Waals surface area contributed by atoms with Crippen molar-refractivity contribution in [1.82, 2.24) is 15.2 Å². The quantitative estimate of drug-likeness (QED) is 0.846. The third kappa shape index (κ3) is 3.94. The molecule has 0 aromatic heterocycles. The van der Waals surface area contributed by atoms with E-state index >= 15 is 0 Å². The van der Waals surface area contributed by atoms with E-state index in [1.54, 1.807) is 43.0 Å². The summed E-state index contributed by atoms with van der Waals surface area (Å²) in [6.45, 7) is 2.67. The van der Waals surface area contributed by atoms with Crippen LogP contribution in [-0.2, 0) is 14.4 Å². The van der Waals surface area contributed by atoms with Gasteiger partial charge in [-0.05, 0) is 31.9 Å². The summed E-state index contributed by atoms with van der Waals surface area (Å²) in [6, 6.07) is 8.47. The number of nitrogens with zero attached hydrogens (tertiary/aromatic N) is 4. The van der Waals surface area contributed by atoms with Crippen molar-refractivity contribution in [2.24, 2.45) is 10.9 Å². The van der Waals surface area contributed by atoms with E-state index in [2.05, 4.69) is 10.4 Å². The van der Waals surface area contributed by atoms with E-state index in [0.717, 1.165) is 0 Å². The van der Waals surface area contributed by atoms with E-state index in [9.17, 15) is 14.4 Å². The van der Waals surface area contributed by atoms with Crippen LogP contribution in [0.4, 0.5) is 5.69 Å². The Bertz CT molecular complexity index is 754. The lowest BCUT2D eigenvalue weighted by Crippen LogP contribution is -2.59. The summed E-state index contributed by atoms with van der Waals surface area (Å²) >= 11 is 0. The summed E-state index contributed by atoms with van der Waals surface area (Å²) in [5.41, 5.74) is 3.52. The zero-order valence-electron chi connectivity index (χ0n) is 15.9. The Morgan fingerprint density at radius 2 is 1.78 bits per heavy atom. The molecule has 0 saturated carbocycles. The van der Waals surface area contributed by atoms with E-state index in [1.165, 1.54) is 5.01 Å². The largest absolute Gasteiger partial charge is 0.349 e. The van der Waals surface area contributed by atoms with Crippen molar-refractivity contribution < 1.29 is 14.4 Å². The number of amidine groups is 1. The van der Waals surface area contributed by atoms with Gasteiger partial charge in [0.05, 0.1) is 5.69 Å². The Morgan fingerprint density at radius 1 is 1.15 bits per heavy atom. The van der Waals surface area contributed by atoms with E-state index in [4.69, 9.17) is 0 Å². The van der Waals surface area contributed by atoms with Crippen LogP contribution in [0.2, 0.25) is 0 Å². The predicted molar refractivity (Wildman–Crippen MR) is 102 cm³/mol. The summed E-state index contributed by atoms with van der Waals surface area (Å²) < 4.78 is 0. The highest BCUT2D eigenvalue weighted by Gasteiger charge is 2.35. The van der Waals surface area contributed by atoms with Crippen molar-refractivity contribution in [2.75, 3.05) is 32.2 Å². The van der Waals surface area contributed by atoms with Gasteiger partial charge in [-0.15, -0.1) is 0 Å². The lowest BCUT2D eigenvalue weighted by molar-refractivity contribution is -0.136. The molecule has 144 valence electrons. The first-order valence-corrected chi connectivity index (χ1v) is 9.12. The first-order chi connectivity index (χ1) is 12.9. The van der Waals surface area contributed by atoms with Gasteiger partial charge < -0.3 is 9.80 Å². The molecule has 1 atom stereocenters. The minimum Gasteiger partial charge on any atom is -0.349 e. The van der Waals surface area contributed by atoms with Crippen molar-refractivity contribution in [3.63, 3.8) is 0 Å². The standard InChI is InChI=1S/C19H25N5O3/c1-13-17(25)24(15-7-5-4-6-8-15)21-16(20-13)19(27)23-11-9-14(10-12-23)18(26)22(2)3/h4-8,13-14H,9-12H2,1-3H3,(H,20,21). The van der Waals surface area contributed by atoms with Crippen LogP contribution in [0.15, 0.2) is 35.3 Å². The number of benzene rings is 1. The van der Waals surface area contributed by atoms with Crippen LogP contribution in [0, 0.1) is 5.92 Å². The first-order valence-electron chi connectivity index (χ1n) is 9.12. The number of hydrogen-bond acceptors (Lipinski definition) is 5. The van der Waals surface area contributed by atoms with Crippen LogP contribution in [-0.4, -0.2) is 66.6 Å². The number of hydrazine groups is 1. The summed E-state index contributed by atoms with van der Waals surface area (Å²) in [4.78, 5) is 45.0. The van der Waals surface area contributed by atoms with E-state index in [-0.39, 0.29) is 29.5 Å². The van der Waals surface area contributed by atoms with Gasteiger partial charge in [0.2, 0.25) is 11.7 Å². The molecule has 27 heavy (non-hydrogen) atoms. The SMILES string of the molecule is CC1N=C(C(=O)N2CCC(C(=O)N(C)C)CC2)NN(c2ccccc2)C1=O. The average molecular weight is 371 g/mol. The zero-order valence-corrected chi connectivity index (χ0v) is 15.9. The van der Waals surface area contributed by atoms with Gasteiger partial charge in [0, 0.05) is 33.1 Å². The second-order valence-corrected chi connectivity index (χ2v) is 7.07. The molecule has 2 aliphatic rings. The van der Waals surface area contributed by atoms with E-state index in [0.29, 0.717) is 31.6 Å². The number of amides is 3. The van der Waals surface area contributed by atoms with Gasteiger partial charge >= 0.3 is 0 Å². The Hall–Kier alpha value is -2.90. The molecule has 0 radical (unpaired) electrons. The number of hydrogen-bond donors (Lipinski definition) is 1. The Kier molecular flexibility index (Phi) is 5.43.